The van der Waals surface area contributed by atoms with Crippen molar-refractivity contribution in [2.75, 3.05) is 13.2 Å². The molecule has 3 aromatic rings. The molecule has 0 fully saturated rings. The van der Waals surface area contributed by atoms with Gasteiger partial charge in [0, 0.05) is 5.41 Å². The molecular formula is C27H29FO3. The van der Waals surface area contributed by atoms with Crippen LogP contribution in [0.15, 0.2) is 78.9 Å². The van der Waals surface area contributed by atoms with Crippen LogP contribution in [0.1, 0.15) is 31.9 Å². The second-order valence-electron chi connectivity index (χ2n) is 8.00. The van der Waals surface area contributed by atoms with Crippen molar-refractivity contribution in [2.24, 2.45) is 5.41 Å². The van der Waals surface area contributed by atoms with Crippen LogP contribution in [-0.2, 0) is 11.3 Å². The molecule has 0 spiro atoms. The summed E-state index contributed by atoms with van der Waals surface area (Å²) in [6.07, 6.45) is 4.22. The van der Waals surface area contributed by atoms with E-state index >= 15 is 0 Å². The van der Waals surface area contributed by atoms with E-state index < -0.39 is 5.82 Å². The molecule has 3 nitrogen and oxygen atoms in total. The van der Waals surface area contributed by atoms with E-state index in [2.05, 4.69) is 26.0 Å². The van der Waals surface area contributed by atoms with Crippen molar-refractivity contribution in [3.8, 4) is 17.2 Å². The fourth-order valence-electron chi connectivity index (χ4n) is 2.97. The fourth-order valence-corrected chi connectivity index (χ4v) is 2.97. The van der Waals surface area contributed by atoms with Crippen molar-refractivity contribution in [2.45, 2.75) is 27.4 Å². The highest BCUT2D eigenvalue weighted by Crippen LogP contribution is 2.26. The largest absolute Gasteiger partial charge is 0.494 e. The zero-order chi connectivity index (χ0) is 22.1. The smallest absolute Gasteiger partial charge is 0.165 e. The minimum Gasteiger partial charge on any atom is -0.494 e. The van der Waals surface area contributed by atoms with E-state index in [-0.39, 0.29) is 11.2 Å². The van der Waals surface area contributed by atoms with Crippen molar-refractivity contribution in [1.29, 1.82) is 0 Å². The summed E-state index contributed by atoms with van der Waals surface area (Å²) in [5.74, 6) is 1.27. The van der Waals surface area contributed by atoms with Crippen molar-refractivity contribution >= 4 is 6.08 Å². The minimum absolute atomic E-state index is 0.151. The summed E-state index contributed by atoms with van der Waals surface area (Å²) in [6, 6.07) is 22.0. The Morgan fingerprint density at radius 2 is 1.65 bits per heavy atom. The first-order chi connectivity index (χ1) is 14.9. The summed E-state index contributed by atoms with van der Waals surface area (Å²) in [5, 5.41) is 0. The van der Waals surface area contributed by atoms with E-state index in [1.165, 1.54) is 6.07 Å². The number of benzene rings is 3. The van der Waals surface area contributed by atoms with Crippen LogP contribution < -0.4 is 9.47 Å². The molecule has 0 aromatic heterocycles. The molecule has 4 heteroatoms. The monoisotopic (exact) mass is 420 g/mol. The minimum atomic E-state index is -0.397. The molecular weight excluding hydrogens is 391 g/mol. The Kier molecular flexibility index (Phi) is 7.85. The molecule has 0 saturated carbocycles. The van der Waals surface area contributed by atoms with Gasteiger partial charge in [0.05, 0.1) is 19.8 Å². The van der Waals surface area contributed by atoms with E-state index in [0.717, 1.165) is 16.9 Å². The number of rotatable bonds is 10. The van der Waals surface area contributed by atoms with E-state index in [4.69, 9.17) is 14.2 Å². The highest BCUT2D eigenvalue weighted by Gasteiger charge is 2.14. The molecule has 162 valence electrons. The van der Waals surface area contributed by atoms with Crippen LogP contribution in [-0.4, -0.2) is 13.2 Å². The van der Waals surface area contributed by atoms with Gasteiger partial charge in [-0.2, -0.15) is 0 Å². The molecule has 0 aliphatic rings. The van der Waals surface area contributed by atoms with Crippen LogP contribution in [0, 0.1) is 11.2 Å². The average Bonchev–Trinajstić information content (AvgIpc) is 2.76. The Hall–Kier alpha value is -3.11. The lowest BCUT2D eigenvalue weighted by Gasteiger charge is -2.20. The van der Waals surface area contributed by atoms with Crippen LogP contribution in [0.2, 0.25) is 0 Å². The van der Waals surface area contributed by atoms with Crippen LogP contribution >= 0.6 is 0 Å². The molecule has 0 amide bonds. The summed E-state index contributed by atoms with van der Waals surface area (Å²) in [7, 11) is 0. The second-order valence-corrected chi connectivity index (χ2v) is 8.00. The Morgan fingerprint density at radius 3 is 2.35 bits per heavy atom. The first-order valence-electron chi connectivity index (χ1n) is 10.5. The third-order valence-electron chi connectivity index (χ3n) is 4.63. The third-order valence-corrected chi connectivity index (χ3v) is 4.63. The molecule has 0 aliphatic carbocycles. The molecule has 31 heavy (non-hydrogen) atoms. The van der Waals surface area contributed by atoms with E-state index in [1.54, 1.807) is 24.3 Å². The number of hydrogen-bond acceptors (Lipinski definition) is 3. The molecule has 0 N–H and O–H groups in total. The van der Waals surface area contributed by atoms with Gasteiger partial charge in [0.15, 0.2) is 11.6 Å². The number of halogens is 1. The van der Waals surface area contributed by atoms with Crippen molar-refractivity contribution in [3.63, 3.8) is 0 Å². The Bertz CT molecular complexity index is 979. The van der Waals surface area contributed by atoms with Gasteiger partial charge in [-0.1, -0.05) is 62.4 Å². The molecule has 3 aromatic carbocycles. The van der Waals surface area contributed by atoms with E-state index in [1.807, 2.05) is 49.4 Å². The molecule has 3 rings (SSSR count). The van der Waals surface area contributed by atoms with Gasteiger partial charge in [-0.15, -0.1) is 0 Å². The van der Waals surface area contributed by atoms with Gasteiger partial charge < -0.3 is 14.2 Å². The van der Waals surface area contributed by atoms with Crippen LogP contribution in [0.3, 0.4) is 0 Å². The normalized spacial score (nSPS) is 11.6. The summed E-state index contributed by atoms with van der Waals surface area (Å²) in [6.45, 7) is 7.78. The number of para-hydroxylation sites is 1. The first-order valence-corrected chi connectivity index (χ1v) is 10.5. The summed E-state index contributed by atoms with van der Waals surface area (Å²) in [5.41, 5.74) is 1.82. The molecule has 0 atom stereocenters. The van der Waals surface area contributed by atoms with Gasteiger partial charge in [-0.25, -0.2) is 4.39 Å². The van der Waals surface area contributed by atoms with Crippen LogP contribution in [0.4, 0.5) is 4.39 Å². The zero-order valence-corrected chi connectivity index (χ0v) is 18.3. The molecule has 0 heterocycles. The van der Waals surface area contributed by atoms with Crippen LogP contribution in [0.5, 0.6) is 17.2 Å². The third kappa shape index (κ3) is 7.26. The molecule has 0 bridgehead atoms. The van der Waals surface area contributed by atoms with Crippen molar-refractivity contribution < 1.29 is 18.6 Å². The number of hydrogen-bond donors (Lipinski definition) is 0. The van der Waals surface area contributed by atoms with Crippen molar-refractivity contribution in [3.05, 3.63) is 95.8 Å². The molecule has 0 unspecified atom stereocenters. The van der Waals surface area contributed by atoms with Gasteiger partial charge in [0.1, 0.15) is 11.5 Å². The predicted octanol–water partition coefficient (Wildman–Crippen LogP) is 7.27. The summed E-state index contributed by atoms with van der Waals surface area (Å²) < 4.78 is 31.2. The highest BCUT2D eigenvalue weighted by molar-refractivity contribution is 5.51. The second kappa shape index (κ2) is 10.8. The Labute approximate surface area is 184 Å². The topological polar surface area (TPSA) is 27.7 Å². The standard InChI is InChI=1S/C27H29FO3/c1-4-30-23-13-10-21(11-14-23)16-17-27(2,3)20-29-19-22-12-15-25(28)26(18-22)31-24-8-6-5-7-9-24/h5-18H,4,19-20H2,1-3H3/b17-16+. The fraction of sp³-hybridized carbons (Fsp3) is 0.259. The van der Waals surface area contributed by atoms with E-state index in [0.29, 0.717) is 25.6 Å². The van der Waals surface area contributed by atoms with Gasteiger partial charge in [-0.3, -0.25) is 0 Å². The number of ether oxygens (including phenoxy) is 3. The van der Waals surface area contributed by atoms with Crippen molar-refractivity contribution in [1.82, 2.24) is 0 Å². The highest BCUT2D eigenvalue weighted by atomic mass is 19.1. The zero-order valence-electron chi connectivity index (χ0n) is 18.3. The maximum atomic E-state index is 14.1. The van der Waals surface area contributed by atoms with Gasteiger partial charge >= 0.3 is 0 Å². The lowest BCUT2D eigenvalue weighted by Crippen LogP contribution is -2.16. The Morgan fingerprint density at radius 1 is 0.903 bits per heavy atom. The van der Waals surface area contributed by atoms with E-state index in [9.17, 15) is 4.39 Å². The van der Waals surface area contributed by atoms with Gasteiger partial charge in [-0.05, 0) is 54.4 Å². The summed E-state index contributed by atoms with van der Waals surface area (Å²) in [4.78, 5) is 0. The summed E-state index contributed by atoms with van der Waals surface area (Å²) >= 11 is 0. The first kappa shape index (κ1) is 22.6. The Balaban J connectivity index is 1.54. The molecule has 0 aliphatic heterocycles. The predicted molar refractivity (Wildman–Crippen MR) is 123 cm³/mol. The molecule has 0 radical (unpaired) electrons. The van der Waals surface area contributed by atoms with Crippen LogP contribution in [0.25, 0.3) is 6.08 Å². The lowest BCUT2D eigenvalue weighted by atomic mass is 9.93. The SMILES string of the molecule is CCOc1ccc(/C=C/C(C)(C)COCc2ccc(F)c(Oc3ccccc3)c2)cc1. The average molecular weight is 421 g/mol. The maximum absolute atomic E-state index is 14.1. The maximum Gasteiger partial charge on any atom is 0.165 e. The lowest BCUT2D eigenvalue weighted by molar-refractivity contribution is 0.0719. The van der Waals surface area contributed by atoms with Gasteiger partial charge in [0.2, 0.25) is 0 Å². The van der Waals surface area contributed by atoms with Gasteiger partial charge in [0.25, 0.3) is 0 Å². The quantitative estimate of drug-likeness (QED) is 0.345. The molecule has 0 saturated heterocycles.